The van der Waals surface area contributed by atoms with Crippen molar-refractivity contribution in [1.82, 2.24) is 4.98 Å². The minimum absolute atomic E-state index is 0.0797. The van der Waals surface area contributed by atoms with E-state index in [1.54, 1.807) is 6.92 Å². The molecule has 0 atom stereocenters. The van der Waals surface area contributed by atoms with Crippen LogP contribution in [0, 0.1) is 6.92 Å². The minimum atomic E-state index is -1.16. The number of anilines is 1. The predicted molar refractivity (Wildman–Crippen MR) is 72.0 cm³/mol. The van der Waals surface area contributed by atoms with Gasteiger partial charge in [0.25, 0.3) is 5.91 Å². The number of aromatic nitrogens is 1. The standard InChI is InChI=1S/C14H12N2O4/c1-8-6-10(17)2-3-11(8)13(18)16-9-4-5-15-12(7-9)14(19)20/h2-7,17H,1H3,(H,19,20)(H,15,16,18). The molecule has 102 valence electrons. The third-order valence-corrected chi connectivity index (χ3v) is 2.69. The van der Waals surface area contributed by atoms with E-state index in [1.807, 2.05) is 0 Å². The zero-order chi connectivity index (χ0) is 14.7. The number of nitrogens with one attached hydrogen (secondary N) is 1. The van der Waals surface area contributed by atoms with Crippen molar-refractivity contribution < 1.29 is 19.8 Å². The smallest absolute Gasteiger partial charge is 0.354 e. The molecule has 20 heavy (non-hydrogen) atoms. The van der Waals surface area contributed by atoms with Crippen molar-refractivity contribution in [2.75, 3.05) is 5.32 Å². The molecule has 0 aliphatic heterocycles. The number of carboxylic acid groups (broad SMARTS) is 1. The van der Waals surface area contributed by atoms with Crippen LogP contribution in [0.2, 0.25) is 0 Å². The van der Waals surface area contributed by atoms with Crippen molar-refractivity contribution in [2.24, 2.45) is 0 Å². The summed E-state index contributed by atoms with van der Waals surface area (Å²) in [5.41, 5.74) is 1.21. The summed E-state index contributed by atoms with van der Waals surface area (Å²) in [5, 5.41) is 20.7. The van der Waals surface area contributed by atoms with Crippen LogP contribution in [0.15, 0.2) is 36.5 Å². The average Bonchev–Trinajstić information content (AvgIpc) is 2.38. The molecule has 0 saturated carbocycles. The van der Waals surface area contributed by atoms with Gasteiger partial charge in [-0.2, -0.15) is 0 Å². The Morgan fingerprint density at radius 1 is 1.20 bits per heavy atom. The third kappa shape index (κ3) is 2.92. The molecule has 2 aromatic rings. The van der Waals surface area contributed by atoms with Crippen LogP contribution in [0.5, 0.6) is 5.75 Å². The first-order valence-corrected chi connectivity index (χ1v) is 5.77. The van der Waals surface area contributed by atoms with Crippen LogP contribution in [0.4, 0.5) is 5.69 Å². The maximum absolute atomic E-state index is 12.1. The molecule has 0 unspecified atom stereocenters. The summed E-state index contributed by atoms with van der Waals surface area (Å²) >= 11 is 0. The Balaban J connectivity index is 2.23. The second-order valence-electron chi connectivity index (χ2n) is 4.19. The van der Waals surface area contributed by atoms with Crippen LogP contribution in [-0.4, -0.2) is 27.1 Å². The Labute approximate surface area is 114 Å². The normalized spacial score (nSPS) is 10.1. The van der Waals surface area contributed by atoms with E-state index in [1.165, 1.54) is 36.5 Å². The summed E-state index contributed by atoms with van der Waals surface area (Å²) < 4.78 is 0. The van der Waals surface area contributed by atoms with Gasteiger partial charge in [-0.1, -0.05) is 0 Å². The number of carbonyl (C=O) groups is 2. The van der Waals surface area contributed by atoms with E-state index in [4.69, 9.17) is 5.11 Å². The molecule has 0 bridgehead atoms. The van der Waals surface area contributed by atoms with Gasteiger partial charge in [-0.15, -0.1) is 0 Å². The van der Waals surface area contributed by atoms with Crippen LogP contribution < -0.4 is 5.32 Å². The Morgan fingerprint density at radius 3 is 2.60 bits per heavy atom. The number of aryl methyl sites for hydroxylation is 1. The van der Waals surface area contributed by atoms with Gasteiger partial charge in [0, 0.05) is 17.4 Å². The van der Waals surface area contributed by atoms with Gasteiger partial charge in [0.2, 0.25) is 0 Å². The van der Waals surface area contributed by atoms with Crippen LogP contribution in [0.25, 0.3) is 0 Å². The molecule has 0 radical (unpaired) electrons. The lowest BCUT2D eigenvalue weighted by molar-refractivity contribution is 0.0690. The van der Waals surface area contributed by atoms with Crippen molar-refractivity contribution in [3.05, 3.63) is 53.3 Å². The minimum Gasteiger partial charge on any atom is -0.508 e. The van der Waals surface area contributed by atoms with Crippen molar-refractivity contribution >= 4 is 17.6 Å². The molecule has 0 spiro atoms. The molecule has 1 aromatic heterocycles. The number of hydrogen-bond donors (Lipinski definition) is 3. The number of aromatic carboxylic acids is 1. The summed E-state index contributed by atoms with van der Waals surface area (Å²) in [6.45, 7) is 1.70. The van der Waals surface area contributed by atoms with E-state index in [9.17, 15) is 14.7 Å². The molecular formula is C14H12N2O4. The maximum atomic E-state index is 12.1. The van der Waals surface area contributed by atoms with Gasteiger partial charge >= 0.3 is 5.97 Å². The first kappa shape index (κ1) is 13.5. The number of phenolic OH excluding ortho intramolecular Hbond substituents is 1. The largest absolute Gasteiger partial charge is 0.508 e. The first-order chi connectivity index (χ1) is 9.47. The summed E-state index contributed by atoms with van der Waals surface area (Å²) in [7, 11) is 0. The zero-order valence-electron chi connectivity index (χ0n) is 10.6. The number of nitrogens with zero attached hydrogens (tertiary/aromatic N) is 1. The monoisotopic (exact) mass is 272 g/mol. The highest BCUT2D eigenvalue weighted by Crippen LogP contribution is 2.17. The van der Waals surface area contributed by atoms with Crippen molar-refractivity contribution in [3.63, 3.8) is 0 Å². The zero-order valence-corrected chi connectivity index (χ0v) is 10.6. The van der Waals surface area contributed by atoms with E-state index >= 15 is 0 Å². The van der Waals surface area contributed by atoms with Crippen molar-refractivity contribution in [3.8, 4) is 5.75 Å². The van der Waals surface area contributed by atoms with Gasteiger partial charge < -0.3 is 15.5 Å². The van der Waals surface area contributed by atoms with Gasteiger partial charge in [0.1, 0.15) is 11.4 Å². The highest BCUT2D eigenvalue weighted by atomic mass is 16.4. The molecular weight excluding hydrogens is 260 g/mol. The third-order valence-electron chi connectivity index (χ3n) is 2.69. The van der Waals surface area contributed by atoms with Gasteiger partial charge in [0.05, 0.1) is 0 Å². The second-order valence-corrected chi connectivity index (χ2v) is 4.19. The van der Waals surface area contributed by atoms with Crippen molar-refractivity contribution in [1.29, 1.82) is 0 Å². The molecule has 0 aliphatic rings. The highest BCUT2D eigenvalue weighted by Gasteiger charge is 2.11. The fourth-order valence-corrected chi connectivity index (χ4v) is 1.73. The predicted octanol–water partition coefficient (Wildman–Crippen LogP) is 2.05. The lowest BCUT2D eigenvalue weighted by atomic mass is 10.1. The van der Waals surface area contributed by atoms with Crippen LogP contribution in [0.3, 0.4) is 0 Å². The quantitative estimate of drug-likeness (QED) is 0.794. The number of carboxylic acids is 1. The fourth-order valence-electron chi connectivity index (χ4n) is 1.73. The molecule has 6 nitrogen and oxygen atoms in total. The number of amides is 1. The Kier molecular flexibility index (Phi) is 3.65. The average molecular weight is 272 g/mol. The van der Waals surface area contributed by atoms with Gasteiger partial charge in [-0.05, 0) is 42.8 Å². The molecule has 0 fully saturated rings. The van der Waals surface area contributed by atoms with Gasteiger partial charge in [0.15, 0.2) is 0 Å². The highest BCUT2D eigenvalue weighted by molar-refractivity contribution is 6.05. The fraction of sp³-hybridized carbons (Fsp3) is 0.0714. The number of aromatic hydroxyl groups is 1. The Bertz CT molecular complexity index is 683. The Hall–Kier alpha value is -2.89. The molecule has 0 saturated heterocycles. The lowest BCUT2D eigenvalue weighted by Gasteiger charge is -2.08. The summed E-state index contributed by atoms with van der Waals surface area (Å²) in [5.74, 6) is -1.47. The molecule has 0 aliphatic carbocycles. The van der Waals surface area contributed by atoms with Crippen LogP contribution in [0.1, 0.15) is 26.4 Å². The number of phenols is 1. The molecule has 1 amide bonds. The van der Waals surface area contributed by atoms with Crippen molar-refractivity contribution in [2.45, 2.75) is 6.92 Å². The Morgan fingerprint density at radius 2 is 1.95 bits per heavy atom. The summed E-state index contributed by atoms with van der Waals surface area (Å²) in [6.07, 6.45) is 1.31. The molecule has 2 rings (SSSR count). The van der Waals surface area contributed by atoms with Crippen LogP contribution in [-0.2, 0) is 0 Å². The van der Waals surface area contributed by atoms with E-state index in [0.29, 0.717) is 16.8 Å². The van der Waals surface area contributed by atoms with E-state index in [2.05, 4.69) is 10.3 Å². The number of pyridine rings is 1. The van der Waals surface area contributed by atoms with Crippen LogP contribution >= 0.6 is 0 Å². The van der Waals surface area contributed by atoms with Gasteiger partial charge in [-0.3, -0.25) is 4.79 Å². The first-order valence-electron chi connectivity index (χ1n) is 5.77. The van der Waals surface area contributed by atoms with E-state index in [-0.39, 0.29) is 17.4 Å². The van der Waals surface area contributed by atoms with E-state index in [0.717, 1.165) is 0 Å². The number of benzene rings is 1. The number of carbonyl (C=O) groups excluding carboxylic acids is 1. The molecule has 3 N–H and O–H groups in total. The SMILES string of the molecule is Cc1cc(O)ccc1C(=O)Nc1ccnc(C(=O)O)c1. The number of hydrogen-bond acceptors (Lipinski definition) is 4. The summed E-state index contributed by atoms with van der Waals surface area (Å²) in [4.78, 5) is 26.5. The topological polar surface area (TPSA) is 99.5 Å². The molecule has 1 aromatic carbocycles. The lowest BCUT2D eigenvalue weighted by Crippen LogP contribution is -2.14. The van der Waals surface area contributed by atoms with E-state index < -0.39 is 5.97 Å². The molecule has 6 heteroatoms. The maximum Gasteiger partial charge on any atom is 0.354 e. The van der Waals surface area contributed by atoms with Gasteiger partial charge in [-0.25, -0.2) is 9.78 Å². The summed E-state index contributed by atoms with van der Waals surface area (Å²) in [6, 6.07) is 7.16. The second kappa shape index (κ2) is 5.40. The number of rotatable bonds is 3. The molecule has 1 heterocycles.